The number of benzene rings is 1. The summed E-state index contributed by atoms with van der Waals surface area (Å²) < 4.78 is 14.2. The highest BCUT2D eigenvalue weighted by molar-refractivity contribution is 5.96. The van der Waals surface area contributed by atoms with E-state index in [1.807, 2.05) is 6.92 Å². The average molecular weight is 375 g/mol. The van der Waals surface area contributed by atoms with Crippen molar-refractivity contribution in [2.45, 2.75) is 40.5 Å². The lowest BCUT2D eigenvalue weighted by Gasteiger charge is -2.30. The van der Waals surface area contributed by atoms with Crippen molar-refractivity contribution in [3.05, 3.63) is 58.8 Å². The van der Waals surface area contributed by atoms with E-state index in [4.69, 9.17) is 0 Å². The van der Waals surface area contributed by atoms with Gasteiger partial charge in [-0.25, -0.2) is 4.39 Å². The van der Waals surface area contributed by atoms with Crippen LogP contribution in [0.25, 0.3) is 0 Å². The van der Waals surface area contributed by atoms with Crippen LogP contribution in [0.4, 0.5) is 4.39 Å². The van der Waals surface area contributed by atoms with Crippen LogP contribution in [0.3, 0.4) is 0 Å². The van der Waals surface area contributed by atoms with Crippen LogP contribution < -0.4 is 0 Å². The Labute approximate surface area is 162 Å². The van der Waals surface area contributed by atoms with Crippen LogP contribution >= 0.6 is 0 Å². The van der Waals surface area contributed by atoms with E-state index in [0.29, 0.717) is 13.0 Å². The Morgan fingerprint density at radius 3 is 2.67 bits per heavy atom. The molecule has 1 amide bonds. The zero-order chi connectivity index (χ0) is 20.2. The van der Waals surface area contributed by atoms with Crippen LogP contribution in [0.15, 0.2) is 47.4 Å². The van der Waals surface area contributed by atoms with Crippen molar-refractivity contribution in [3.63, 3.8) is 0 Å². The number of carbonyl (C=O) groups excluding carboxylic acids is 1. The molecule has 0 spiro atoms. The topological polar surface area (TPSA) is 43.8 Å². The molecule has 0 fully saturated rings. The molecule has 5 heteroatoms. The number of allylic oxidation sites excluding steroid dienone is 3. The highest BCUT2D eigenvalue weighted by Gasteiger charge is 2.41. The van der Waals surface area contributed by atoms with Gasteiger partial charge in [-0.05, 0) is 70.6 Å². The SMILES string of the molecule is CCN(C)CCC1(C)CN(C(=O)c2ccccc2F)C(C)=C1C/C=C(\C)O. The molecule has 0 bridgehead atoms. The maximum Gasteiger partial charge on any atom is 0.261 e. The van der Waals surface area contributed by atoms with E-state index >= 15 is 0 Å². The minimum Gasteiger partial charge on any atom is -0.513 e. The minimum atomic E-state index is -0.498. The number of carbonyl (C=O) groups is 1. The van der Waals surface area contributed by atoms with Crippen LogP contribution in [-0.2, 0) is 0 Å². The van der Waals surface area contributed by atoms with E-state index in [9.17, 15) is 14.3 Å². The molecule has 1 aromatic carbocycles. The summed E-state index contributed by atoms with van der Waals surface area (Å²) in [6.07, 6.45) is 3.25. The van der Waals surface area contributed by atoms with Gasteiger partial charge in [0, 0.05) is 17.7 Å². The van der Waals surface area contributed by atoms with Crippen molar-refractivity contribution in [1.82, 2.24) is 9.80 Å². The Morgan fingerprint density at radius 2 is 2.07 bits per heavy atom. The second-order valence-electron chi connectivity index (χ2n) is 7.69. The molecular weight excluding hydrogens is 343 g/mol. The molecule has 1 aliphatic heterocycles. The van der Waals surface area contributed by atoms with Gasteiger partial charge in [0.1, 0.15) is 5.82 Å². The number of hydrogen-bond donors (Lipinski definition) is 1. The van der Waals surface area contributed by atoms with E-state index in [-0.39, 0.29) is 22.6 Å². The molecule has 2 rings (SSSR count). The molecule has 0 aromatic heterocycles. The Hall–Kier alpha value is -2.14. The zero-order valence-electron chi connectivity index (χ0n) is 17.1. The lowest BCUT2D eigenvalue weighted by Crippen LogP contribution is -2.35. The van der Waals surface area contributed by atoms with E-state index in [2.05, 4.69) is 25.8 Å². The van der Waals surface area contributed by atoms with Crippen LogP contribution in [0.2, 0.25) is 0 Å². The summed E-state index contributed by atoms with van der Waals surface area (Å²) in [6.45, 7) is 10.2. The predicted molar refractivity (Wildman–Crippen MR) is 107 cm³/mol. The molecule has 148 valence electrons. The van der Waals surface area contributed by atoms with Crippen LogP contribution in [0, 0.1) is 11.2 Å². The number of aliphatic hydroxyl groups is 1. The minimum absolute atomic E-state index is 0.0972. The molecule has 0 saturated heterocycles. The zero-order valence-corrected chi connectivity index (χ0v) is 17.1. The molecule has 0 saturated carbocycles. The Morgan fingerprint density at radius 1 is 1.41 bits per heavy atom. The molecule has 1 aromatic rings. The van der Waals surface area contributed by atoms with E-state index < -0.39 is 5.82 Å². The van der Waals surface area contributed by atoms with Crippen molar-refractivity contribution in [1.29, 1.82) is 0 Å². The first-order valence-electron chi connectivity index (χ1n) is 9.50. The van der Waals surface area contributed by atoms with E-state index in [1.54, 1.807) is 30.0 Å². The van der Waals surface area contributed by atoms with Crippen molar-refractivity contribution in [2.24, 2.45) is 5.41 Å². The number of amides is 1. The van der Waals surface area contributed by atoms with Crippen LogP contribution in [0.5, 0.6) is 0 Å². The van der Waals surface area contributed by atoms with Gasteiger partial charge in [-0.15, -0.1) is 0 Å². The van der Waals surface area contributed by atoms with Gasteiger partial charge in [-0.2, -0.15) is 0 Å². The first-order valence-corrected chi connectivity index (χ1v) is 9.50. The molecule has 1 heterocycles. The number of nitrogens with zero attached hydrogens (tertiary/aromatic N) is 2. The molecule has 0 aliphatic carbocycles. The lowest BCUT2D eigenvalue weighted by molar-refractivity contribution is 0.0782. The maximum absolute atomic E-state index is 14.2. The number of halogens is 1. The van der Waals surface area contributed by atoms with Gasteiger partial charge in [0.2, 0.25) is 0 Å². The molecule has 27 heavy (non-hydrogen) atoms. The summed E-state index contributed by atoms with van der Waals surface area (Å²) in [4.78, 5) is 17.0. The van der Waals surface area contributed by atoms with Crippen molar-refractivity contribution in [2.75, 3.05) is 26.7 Å². The lowest BCUT2D eigenvalue weighted by atomic mass is 9.78. The summed E-state index contributed by atoms with van der Waals surface area (Å²) in [6, 6.07) is 6.11. The fraction of sp³-hybridized carbons (Fsp3) is 0.500. The first-order chi connectivity index (χ1) is 12.7. The fourth-order valence-corrected chi connectivity index (χ4v) is 3.64. The fourth-order valence-electron chi connectivity index (χ4n) is 3.64. The van der Waals surface area contributed by atoms with Gasteiger partial charge in [0.25, 0.3) is 5.91 Å². The third-order valence-electron chi connectivity index (χ3n) is 5.61. The van der Waals surface area contributed by atoms with Gasteiger partial charge in [-0.1, -0.05) is 26.0 Å². The monoisotopic (exact) mass is 374 g/mol. The Bertz CT molecular complexity index is 752. The molecule has 1 aliphatic rings. The van der Waals surface area contributed by atoms with Crippen molar-refractivity contribution >= 4 is 5.91 Å². The second-order valence-corrected chi connectivity index (χ2v) is 7.69. The number of aliphatic hydroxyl groups excluding tert-OH is 1. The smallest absolute Gasteiger partial charge is 0.261 e. The molecule has 1 atom stereocenters. The molecular formula is C22H31FN2O2. The van der Waals surface area contributed by atoms with Gasteiger partial charge >= 0.3 is 0 Å². The van der Waals surface area contributed by atoms with Crippen LogP contribution in [-0.4, -0.2) is 47.5 Å². The van der Waals surface area contributed by atoms with Crippen molar-refractivity contribution < 1.29 is 14.3 Å². The molecule has 0 radical (unpaired) electrons. The van der Waals surface area contributed by atoms with Gasteiger partial charge in [0.15, 0.2) is 0 Å². The van der Waals surface area contributed by atoms with Gasteiger partial charge in [-0.3, -0.25) is 4.79 Å². The number of hydrogen-bond acceptors (Lipinski definition) is 3. The molecule has 1 unspecified atom stereocenters. The standard InChI is InChI=1S/C22H31FN2O2/c1-6-24(5)14-13-22(4)15-25(17(3)19(22)12-11-16(2)26)21(27)18-9-7-8-10-20(18)23/h7-11,26H,6,12-15H2,1-5H3/b16-11+. The Kier molecular flexibility index (Phi) is 6.82. The largest absolute Gasteiger partial charge is 0.513 e. The summed E-state index contributed by atoms with van der Waals surface area (Å²) in [5, 5.41) is 9.62. The summed E-state index contributed by atoms with van der Waals surface area (Å²) in [7, 11) is 2.08. The highest BCUT2D eigenvalue weighted by Crippen LogP contribution is 2.44. The maximum atomic E-state index is 14.2. The van der Waals surface area contributed by atoms with E-state index in [0.717, 1.165) is 30.8 Å². The van der Waals surface area contributed by atoms with Crippen molar-refractivity contribution in [3.8, 4) is 0 Å². The second kappa shape index (κ2) is 8.70. The normalized spacial score (nSPS) is 20.7. The molecule has 1 N–H and O–H groups in total. The third-order valence-corrected chi connectivity index (χ3v) is 5.61. The first kappa shape index (κ1) is 21.2. The summed E-state index contributed by atoms with van der Waals surface area (Å²) in [5.41, 5.74) is 1.88. The summed E-state index contributed by atoms with van der Waals surface area (Å²) >= 11 is 0. The highest BCUT2D eigenvalue weighted by atomic mass is 19.1. The average Bonchev–Trinajstić information content (AvgIpc) is 2.88. The summed E-state index contributed by atoms with van der Waals surface area (Å²) in [5.74, 6) is -0.537. The predicted octanol–water partition coefficient (Wildman–Crippen LogP) is 4.76. The third kappa shape index (κ3) is 4.78. The Balaban J connectivity index is 2.36. The quantitative estimate of drug-likeness (QED) is 0.700. The number of rotatable bonds is 7. The molecule has 4 nitrogen and oxygen atoms in total. The van der Waals surface area contributed by atoms with Crippen LogP contribution in [0.1, 0.15) is 50.9 Å². The van der Waals surface area contributed by atoms with Gasteiger partial charge in [0.05, 0.1) is 11.3 Å². The van der Waals surface area contributed by atoms with E-state index in [1.165, 1.54) is 12.1 Å². The van der Waals surface area contributed by atoms with Gasteiger partial charge < -0.3 is 14.9 Å².